The highest BCUT2D eigenvalue weighted by molar-refractivity contribution is 7.98. The number of hydrogen-bond donors (Lipinski definition) is 0. The van der Waals surface area contributed by atoms with Crippen LogP contribution in [0.15, 0.2) is 96.2 Å². The number of nitrogens with zero attached hydrogens (tertiary/aromatic N) is 4. The number of para-hydroxylation sites is 2. The molecule has 4 aromatic rings. The standard InChI is InChI=1S/C23H20N4OS/c1-18(28)26(20-13-7-3-8-14-20)22-24-25-23(27(22)21-15-9-4-10-16-21)29-17-19-11-5-2-6-12-19/h2-16H,17H2,1H3. The molecule has 0 aliphatic carbocycles. The van der Waals surface area contributed by atoms with Crippen molar-refractivity contribution in [3.05, 3.63) is 96.6 Å². The summed E-state index contributed by atoms with van der Waals surface area (Å²) in [7, 11) is 0. The largest absolute Gasteiger partial charge is 0.274 e. The van der Waals surface area contributed by atoms with Crippen molar-refractivity contribution in [3.8, 4) is 5.69 Å². The Bertz CT molecular complexity index is 1080. The lowest BCUT2D eigenvalue weighted by molar-refractivity contribution is -0.115. The lowest BCUT2D eigenvalue weighted by atomic mass is 10.2. The molecule has 0 saturated heterocycles. The van der Waals surface area contributed by atoms with Gasteiger partial charge in [-0.3, -0.25) is 9.36 Å². The van der Waals surface area contributed by atoms with E-state index in [1.54, 1.807) is 16.7 Å². The number of benzene rings is 3. The molecule has 0 atom stereocenters. The van der Waals surface area contributed by atoms with Crippen molar-refractivity contribution in [2.45, 2.75) is 17.8 Å². The van der Waals surface area contributed by atoms with Gasteiger partial charge in [0.15, 0.2) is 5.16 Å². The second-order valence-corrected chi connectivity index (χ2v) is 7.36. The van der Waals surface area contributed by atoms with Crippen LogP contribution in [0.25, 0.3) is 5.69 Å². The maximum Gasteiger partial charge on any atom is 0.243 e. The molecule has 5 nitrogen and oxygen atoms in total. The molecule has 0 spiro atoms. The van der Waals surface area contributed by atoms with Gasteiger partial charge in [0.1, 0.15) is 0 Å². The Morgan fingerprint density at radius 2 is 1.45 bits per heavy atom. The average Bonchev–Trinajstić information content (AvgIpc) is 3.17. The molecule has 1 amide bonds. The van der Waals surface area contributed by atoms with Crippen LogP contribution < -0.4 is 4.90 Å². The molecule has 0 aliphatic rings. The predicted octanol–water partition coefficient (Wildman–Crippen LogP) is 5.24. The summed E-state index contributed by atoms with van der Waals surface area (Å²) in [4.78, 5) is 14.1. The van der Waals surface area contributed by atoms with Crippen molar-refractivity contribution < 1.29 is 4.79 Å². The van der Waals surface area contributed by atoms with E-state index in [4.69, 9.17) is 0 Å². The van der Waals surface area contributed by atoms with Gasteiger partial charge in [0, 0.05) is 12.7 Å². The van der Waals surface area contributed by atoms with E-state index in [1.807, 2.05) is 83.4 Å². The predicted molar refractivity (Wildman–Crippen MR) is 117 cm³/mol. The maximum absolute atomic E-state index is 12.6. The zero-order valence-electron chi connectivity index (χ0n) is 16.0. The highest BCUT2D eigenvalue weighted by Crippen LogP contribution is 2.32. The van der Waals surface area contributed by atoms with E-state index in [0.29, 0.717) is 5.95 Å². The molecule has 1 heterocycles. The Kier molecular flexibility index (Phi) is 5.72. The first kappa shape index (κ1) is 19.0. The molecule has 0 N–H and O–H groups in total. The molecule has 0 bridgehead atoms. The van der Waals surface area contributed by atoms with Crippen molar-refractivity contribution in [1.82, 2.24) is 14.8 Å². The number of carbonyl (C=O) groups excluding carboxylic acids is 1. The van der Waals surface area contributed by atoms with Crippen molar-refractivity contribution in [3.63, 3.8) is 0 Å². The second-order valence-electron chi connectivity index (χ2n) is 6.42. The van der Waals surface area contributed by atoms with Crippen LogP contribution in [-0.4, -0.2) is 20.7 Å². The summed E-state index contributed by atoms with van der Waals surface area (Å²) < 4.78 is 1.93. The Hall–Kier alpha value is -3.38. The van der Waals surface area contributed by atoms with Crippen LogP contribution in [0.3, 0.4) is 0 Å². The van der Waals surface area contributed by atoms with Crippen LogP contribution in [0.5, 0.6) is 0 Å². The van der Waals surface area contributed by atoms with Gasteiger partial charge in [0.05, 0.1) is 11.4 Å². The van der Waals surface area contributed by atoms with E-state index in [1.165, 1.54) is 12.5 Å². The zero-order valence-corrected chi connectivity index (χ0v) is 16.8. The molecule has 1 aromatic heterocycles. The Labute approximate surface area is 174 Å². The summed E-state index contributed by atoms with van der Waals surface area (Å²) in [6.45, 7) is 1.54. The molecule has 4 rings (SSSR count). The van der Waals surface area contributed by atoms with E-state index in [2.05, 4.69) is 22.3 Å². The summed E-state index contributed by atoms with van der Waals surface area (Å²) >= 11 is 1.59. The van der Waals surface area contributed by atoms with Gasteiger partial charge >= 0.3 is 0 Å². The number of thioether (sulfide) groups is 1. The highest BCUT2D eigenvalue weighted by atomic mass is 32.2. The van der Waals surface area contributed by atoms with Gasteiger partial charge in [-0.25, -0.2) is 4.90 Å². The van der Waals surface area contributed by atoms with Crippen LogP contribution in [0.2, 0.25) is 0 Å². The van der Waals surface area contributed by atoms with Gasteiger partial charge in [-0.05, 0) is 29.8 Å². The number of carbonyl (C=O) groups is 1. The molecule has 0 unspecified atom stereocenters. The van der Waals surface area contributed by atoms with Gasteiger partial charge in [-0.15, -0.1) is 10.2 Å². The first-order valence-electron chi connectivity index (χ1n) is 9.27. The number of amides is 1. The minimum atomic E-state index is -0.125. The Morgan fingerprint density at radius 3 is 2.07 bits per heavy atom. The van der Waals surface area contributed by atoms with Crippen LogP contribution in [-0.2, 0) is 10.5 Å². The molecule has 0 aliphatic heterocycles. The summed E-state index contributed by atoms with van der Waals surface area (Å²) in [5.74, 6) is 1.11. The van der Waals surface area contributed by atoms with Gasteiger partial charge < -0.3 is 0 Å². The van der Waals surface area contributed by atoms with E-state index < -0.39 is 0 Å². The summed E-state index contributed by atoms with van der Waals surface area (Å²) in [5, 5.41) is 9.55. The fourth-order valence-corrected chi connectivity index (χ4v) is 3.94. The normalized spacial score (nSPS) is 10.7. The second kappa shape index (κ2) is 8.75. The van der Waals surface area contributed by atoms with Crippen molar-refractivity contribution in [2.24, 2.45) is 0 Å². The molecule has 29 heavy (non-hydrogen) atoms. The first-order valence-corrected chi connectivity index (χ1v) is 10.3. The summed E-state index contributed by atoms with van der Waals surface area (Å²) in [6, 6.07) is 29.6. The van der Waals surface area contributed by atoms with Crippen molar-refractivity contribution >= 4 is 29.3 Å². The third-order valence-electron chi connectivity index (χ3n) is 4.37. The topological polar surface area (TPSA) is 51.0 Å². The molecule has 6 heteroatoms. The smallest absolute Gasteiger partial charge is 0.243 e. The minimum absolute atomic E-state index is 0.125. The number of hydrogen-bond acceptors (Lipinski definition) is 4. The van der Waals surface area contributed by atoms with Gasteiger partial charge in [-0.2, -0.15) is 0 Å². The van der Waals surface area contributed by atoms with Gasteiger partial charge in [0.2, 0.25) is 11.9 Å². The molecular formula is C23H20N4OS. The van der Waals surface area contributed by atoms with Crippen LogP contribution in [0.4, 0.5) is 11.6 Å². The molecule has 0 fully saturated rings. The lowest BCUT2D eigenvalue weighted by Gasteiger charge is -2.21. The molecule has 0 radical (unpaired) electrons. The van der Waals surface area contributed by atoms with E-state index in [-0.39, 0.29) is 5.91 Å². The van der Waals surface area contributed by atoms with Gasteiger partial charge in [0.25, 0.3) is 0 Å². The van der Waals surface area contributed by atoms with Crippen molar-refractivity contribution in [2.75, 3.05) is 4.90 Å². The Balaban J connectivity index is 1.77. The molecular weight excluding hydrogens is 380 g/mol. The number of aromatic nitrogens is 3. The Morgan fingerprint density at radius 1 is 0.862 bits per heavy atom. The fraction of sp³-hybridized carbons (Fsp3) is 0.0870. The highest BCUT2D eigenvalue weighted by Gasteiger charge is 2.24. The van der Waals surface area contributed by atoms with Crippen LogP contribution >= 0.6 is 11.8 Å². The van der Waals surface area contributed by atoms with E-state index in [9.17, 15) is 4.79 Å². The minimum Gasteiger partial charge on any atom is -0.274 e. The number of rotatable bonds is 6. The molecule has 3 aromatic carbocycles. The average molecular weight is 401 g/mol. The van der Waals surface area contributed by atoms with E-state index >= 15 is 0 Å². The third-order valence-corrected chi connectivity index (χ3v) is 5.37. The van der Waals surface area contributed by atoms with Crippen molar-refractivity contribution in [1.29, 1.82) is 0 Å². The monoisotopic (exact) mass is 400 g/mol. The lowest BCUT2D eigenvalue weighted by Crippen LogP contribution is -2.26. The van der Waals surface area contributed by atoms with E-state index in [0.717, 1.165) is 22.3 Å². The number of anilines is 2. The summed E-state index contributed by atoms with van der Waals surface area (Å²) in [6.07, 6.45) is 0. The summed E-state index contributed by atoms with van der Waals surface area (Å²) in [5.41, 5.74) is 2.86. The maximum atomic E-state index is 12.6. The fourth-order valence-electron chi connectivity index (χ4n) is 3.04. The quantitative estimate of drug-likeness (QED) is 0.415. The third kappa shape index (κ3) is 4.22. The van der Waals surface area contributed by atoms with Crippen LogP contribution in [0, 0.1) is 0 Å². The molecule has 144 valence electrons. The SMILES string of the molecule is CC(=O)N(c1ccccc1)c1nnc(SCc2ccccc2)n1-c1ccccc1. The van der Waals surface area contributed by atoms with Crippen LogP contribution in [0.1, 0.15) is 12.5 Å². The first-order chi connectivity index (χ1) is 14.2. The molecule has 0 saturated carbocycles. The van der Waals surface area contributed by atoms with Gasteiger partial charge in [-0.1, -0.05) is 78.5 Å². The zero-order chi connectivity index (χ0) is 20.1.